The van der Waals surface area contributed by atoms with Crippen molar-refractivity contribution in [3.8, 4) is 0 Å². The summed E-state index contributed by atoms with van der Waals surface area (Å²) in [6.07, 6.45) is -2.36. The lowest BCUT2D eigenvalue weighted by Crippen LogP contribution is -2.34. The Hall–Kier alpha value is -1.04. The Labute approximate surface area is 92.6 Å². The third-order valence-corrected chi connectivity index (χ3v) is 2.32. The first-order chi connectivity index (χ1) is 7.40. The molecule has 0 fully saturated rings. The van der Waals surface area contributed by atoms with E-state index >= 15 is 0 Å². The second-order valence-corrected chi connectivity index (χ2v) is 3.59. The molecule has 0 radical (unpaired) electrons. The third-order valence-electron chi connectivity index (χ3n) is 2.32. The molecule has 16 heavy (non-hydrogen) atoms. The van der Waals surface area contributed by atoms with Crippen LogP contribution in [0, 0.1) is 0 Å². The average molecular weight is 235 g/mol. The Morgan fingerprint density at radius 1 is 1.44 bits per heavy atom. The van der Waals surface area contributed by atoms with Gasteiger partial charge in [0.15, 0.2) is 0 Å². The van der Waals surface area contributed by atoms with E-state index in [1.807, 2.05) is 0 Å². The van der Waals surface area contributed by atoms with Gasteiger partial charge >= 0.3 is 6.18 Å². The summed E-state index contributed by atoms with van der Waals surface area (Å²) in [5.41, 5.74) is 0.713. The SMILES string of the molecule is CCNC(c1cn(C)nc1CC)C(F)(F)F. The predicted molar refractivity (Wildman–Crippen MR) is 55.1 cm³/mol. The zero-order chi connectivity index (χ0) is 12.3. The molecule has 0 spiro atoms. The lowest BCUT2D eigenvalue weighted by molar-refractivity contribution is -0.157. The molecule has 1 unspecified atom stereocenters. The van der Waals surface area contributed by atoms with Gasteiger partial charge in [-0.05, 0) is 13.0 Å². The topological polar surface area (TPSA) is 29.9 Å². The van der Waals surface area contributed by atoms with Gasteiger partial charge < -0.3 is 5.32 Å². The number of hydrogen-bond donors (Lipinski definition) is 1. The van der Waals surface area contributed by atoms with Crippen molar-refractivity contribution in [3.05, 3.63) is 17.5 Å². The Morgan fingerprint density at radius 3 is 2.50 bits per heavy atom. The fraction of sp³-hybridized carbons (Fsp3) is 0.700. The third kappa shape index (κ3) is 2.75. The van der Waals surface area contributed by atoms with E-state index < -0.39 is 12.2 Å². The molecule has 1 heterocycles. The van der Waals surface area contributed by atoms with Crippen LogP contribution in [-0.2, 0) is 13.5 Å². The Kier molecular flexibility index (Phi) is 3.96. The summed E-state index contributed by atoms with van der Waals surface area (Å²) in [6, 6.07) is -1.62. The van der Waals surface area contributed by atoms with Crippen molar-refractivity contribution < 1.29 is 13.2 Å². The number of alkyl halides is 3. The highest BCUT2D eigenvalue weighted by Gasteiger charge is 2.42. The predicted octanol–water partition coefficient (Wildman–Crippen LogP) is 2.20. The van der Waals surface area contributed by atoms with Gasteiger partial charge in [-0.2, -0.15) is 18.3 Å². The largest absolute Gasteiger partial charge is 0.408 e. The Balaban J connectivity index is 3.09. The first-order valence-electron chi connectivity index (χ1n) is 5.22. The molecule has 1 aromatic rings. The van der Waals surface area contributed by atoms with Gasteiger partial charge in [0.25, 0.3) is 0 Å². The standard InChI is InChI=1S/C10H16F3N3/c1-4-8-7(6-16(3)15-8)9(14-5-2)10(11,12)13/h6,9,14H,4-5H2,1-3H3. The highest BCUT2D eigenvalue weighted by molar-refractivity contribution is 5.23. The number of rotatable bonds is 4. The quantitative estimate of drug-likeness (QED) is 0.867. The van der Waals surface area contributed by atoms with Crippen molar-refractivity contribution in [3.63, 3.8) is 0 Å². The minimum Gasteiger partial charge on any atom is -0.303 e. The summed E-state index contributed by atoms with van der Waals surface area (Å²) in [7, 11) is 1.63. The number of nitrogens with zero attached hydrogens (tertiary/aromatic N) is 2. The summed E-state index contributed by atoms with van der Waals surface area (Å²) < 4.78 is 39.9. The molecule has 0 aliphatic carbocycles. The Morgan fingerprint density at radius 2 is 2.06 bits per heavy atom. The van der Waals surface area contributed by atoms with Crippen molar-refractivity contribution in [1.82, 2.24) is 15.1 Å². The summed E-state index contributed by atoms with van der Waals surface area (Å²) in [6.45, 7) is 3.72. The van der Waals surface area contributed by atoms with E-state index in [4.69, 9.17) is 0 Å². The minimum absolute atomic E-state index is 0.222. The zero-order valence-corrected chi connectivity index (χ0v) is 9.60. The van der Waals surface area contributed by atoms with E-state index in [0.717, 1.165) is 0 Å². The van der Waals surface area contributed by atoms with Gasteiger partial charge in [0.05, 0.1) is 5.69 Å². The Bertz CT molecular complexity index is 344. The first kappa shape index (κ1) is 13.0. The number of nitrogens with one attached hydrogen (secondary N) is 1. The summed E-state index contributed by atoms with van der Waals surface area (Å²) >= 11 is 0. The zero-order valence-electron chi connectivity index (χ0n) is 9.60. The van der Waals surface area contributed by atoms with E-state index in [1.165, 1.54) is 10.9 Å². The van der Waals surface area contributed by atoms with Crippen molar-refractivity contribution in [2.75, 3.05) is 6.54 Å². The van der Waals surface area contributed by atoms with Gasteiger partial charge in [0, 0.05) is 18.8 Å². The van der Waals surface area contributed by atoms with Crippen LogP contribution in [0.4, 0.5) is 13.2 Å². The monoisotopic (exact) mass is 235 g/mol. The second-order valence-electron chi connectivity index (χ2n) is 3.59. The van der Waals surface area contributed by atoms with Crippen LogP contribution in [0.1, 0.15) is 31.1 Å². The summed E-state index contributed by atoms with van der Waals surface area (Å²) in [5, 5.41) is 6.47. The molecule has 1 rings (SSSR count). The van der Waals surface area contributed by atoms with Crippen molar-refractivity contribution >= 4 is 0 Å². The lowest BCUT2D eigenvalue weighted by Gasteiger charge is -2.20. The lowest BCUT2D eigenvalue weighted by atomic mass is 10.1. The van der Waals surface area contributed by atoms with Gasteiger partial charge in [-0.15, -0.1) is 0 Å². The number of aryl methyl sites for hydroxylation is 2. The van der Waals surface area contributed by atoms with E-state index in [2.05, 4.69) is 10.4 Å². The van der Waals surface area contributed by atoms with Crippen LogP contribution >= 0.6 is 0 Å². The van der Waals surface area contributed by atoms with Crippen LogP contribution in [-0.4, -0.2) is 22.5 Å². The maximum absolute atomic E-state index is 12.8. The fourth-order valence-electron chi connectivity index (χ4n) is 1.67. The molecule has 1 N–H and O–H groups in total. The van der Waals surface area contributed by atoms with E-state index in [0.29, 0.717) is 12.1 Å². The minimum atomic E-state index is -4.29. The van der Waals surface area contributed by atoms with Crippen molar-refractivity contribution in [2.24, 2.45) is 7.05 Å². The van der Waals surface area contributed by atoms with Crippen LogP contribution in [0.15, 0.2) is 6.20 Å². The van der Waals surface area contributed by atoms with Crippen LogP contribution in [0.25, 0.3) is 0 Å². The van der Waals surface area contributed by atoms with Gasteiger partial charge in [-0.25, -0.2) is 0 Å². The fourth-order valence-corrected chi connectivity index (χ4v) is 1.67. The molecular formula is C10H16F3N3. The highest BCUT2D eigenvalue weighted by atomic mass is 19.4. The number of hydrogen-bond acceptors (Lipinski definition) is 2. The maximum Gasteiger partial charge on any atom is 0.408 e. The van der Waals surface area contributed by atoms with Crippen LogP contribution in [0.5, 0.6) is 0 Å². The molecule has 0 aliphatic rings. The number of aromatic nitrogens is 2. The average Bonchev–Trinajstić information content (AvgIpc) is 2.53. The number of halogens is 3. The molecule has 0 aromatic carbocycles. The van der Waals surface area contributed by atoms with Crippen molar-refractivity contribution in [1.29, 1.82) is 0 Å². The van der Waals surface area contributed by atoms with E-state index in [9.17, 15) is 13.2 Å². The molecule has 3 nitrogen and oxygen atoms in total. The summed E-state index contributed by atoms with van der Waals surface area (Å²) in [5.74, 6) is 0. The van der Waals surface area contributed by atoms with Crippen LogP contribution < -0.4 is 5.32 Å². The van der Waals surface area contributed by atoms with Crippen molar-refractivity contribution in [2.45, 2.75) is 32.5 Å². The molecule has 0 aliphatic heterocycles. The highest BCUT2D eigenvalue weighted by Crippen LogP contribution is 2.34. The molecular weight excluding hydrogens is 219 g/mol. The van der Waals surface area contributed by atoms with E-state index in [-0.39, 0.29) is 12.1 Å². The van der Waals surface area contributed by atoms with Gasteiger partial charge in [0.2, 0.25) is 0 Å². The van der Waals surface area contributed by atoms with Crippen LogP contribution in [0.2, 0.25) is 0 Å². The molecule has 0 bridgehead atoms. The molecule has 92 valence electrons. The van der Waals surface area contributed by atoms with Gasteiger partial charge in [-0.1, -0.05) is 13.8 Å². The molecule has 0 saturated carbocycles. The van der Waals surface area contributed by atoms with Crippen LogP contribution in [0.3, 0.4) is 0 Å². The van der Waals surface area contributed by atoms with Gasteiger partial charge in [0.1, 0.15) is 6.04 Å². The molecule has 1 aromatic heterocycles. The molecule has 6 heteroatoms. The summed E-state index contributed by atoms with van der Waals surface area (Å²) in [4.78, 5) is 0. The smallest absolute Gasteiger partial charge is 0.303 e. The maximum atomic E-state index is 12.8. The van der Waals surface area contributed by atoms with E-state index in [1.54, 1.807) is 20.9 Å². The molecule has 0 amide bonds. The van der Waals surface area contributed by atoms with Gasteiger partial charge in [-0.3, -0.25) is 4.68 Å². The molecule has 1 atom stereocenters. The second kappa shape index (κ2) is 4.86. The normalized spacial score (nSPS) is 14.1. The first-order valence-corrected chi connectivity index (χ1v) is 5.22. The molecule has 0 saturated heterocycles.